The maximum atomic E-state index is 8.48. The molecule has 2 rings (SSSR count). The fourth-order valence-electron chi connectivity index (χ4n) is 1.47. The molecule has 1 aromatic carbocycles. The number of halogens is 2. The Bertz CT molecular complexity index is 586. The average Bonchev–Trinajstić information content (AvgIpc) is 2.29. The van der Waals surface area contributed by atoms with E-state index in [0.717, 1.165) is 11.1 Å². The minimum Gasteiger partial charge on any atom is -0.264 e. The second kappa shape index (κ2) is 5.06. The van der Waals surface area contributed by atoms with Crippen LogP contribution in [0.4, 0.5) is 5.69 Å². The summed E-state index contributed by atoms with van der Waals surface area (Å²) in [4.78, 5) is 6.66. The summed E-state index contributed by atoms with van der Waals surface area (Å²) in [5, 5.41) is 4.62. The van der Waals surface area contributed by atoms with Crippen LogP contribution in [0.5, 0.6) is 0 Å². The SMILES string of the molecule is [N-]=[N+]=Nc1cnccc1-c1cc(Cl)cc(Cl)c1. The van der Waals surface area contributed by atoms with Gasteiger partial charge in [-0.25, -0.2) is 0 Å². The van der Waals surface area contributed by atoms with Gasteiger partial charge in [0.05, 0.1) is 5.69 Å². The molecule has 1 aromatic heterocycles. The zero-order valence-electron chi connectivity index (χ0n) is 8.51. The summed E-state index contributed by atoms with van der Waals surface area (Å²) < 4.78 is 0. The summed E-state index contributed by atoms with van der Waals surface area (Å²) in [6.07, 6.45) is 3.10. The maximum absolute atomic E-state index is 8.48. The lowest BCUT2D eigenvalue weighted by atomic mass is 10.1. The summed E-state index contributed by atoms with van der Waals surface area (Å²) in [6.45, 7) is 0. The van der Waals surface area contributed by atoms with E-state index in [1.807, 2.05) is 0 Å². The molecule has 1 heterocycles. The van der Waals surface area contributed by atoms with E-state index in [0.29, 0.717) is 15.7 Å². The minimum atomic E-state index is 0.438. The van der Waals surface area contributed by atoms with E-state index in [2.05, 4.69) is 15.0 Å². The van der Waals surface area contributed by atoms with Gasteiger partial charge < -0.3 is 0 Å². The molecular formula is C11H6Cl2N4. The molecule has 84 valence electrons. The van der Waals surface area contributed by atoms with Gasteiger partial charge >= 0.3 is 0 Å². The first-order valence-corrected chi connectivity index (χ1v) is 5.42. The van der Waals surface area contributed by atoms with Crippen molar-refractivity contribution in [2.45, 2.75) is 0 Å². The van der Waals surface area contributed by atoms with Crippen LogP contribution in [0.2, 0.25) is 10.0 Å². The Morgan fingerprint density at radius 2 is 1.88 bits per heavy atom. The van der Waals surface area contributed by atoms with Crippen molar-refractivity contribution in [1.29, 1.82) is 0 Å². The number of pyridine rings is 1. The van der Waals surface area contributed by atoms with Gasteiger partial charge in [0.2, 0.25) is 0 Å². The van der Waals surface area contributed by atoms with E-state index in [-0.39, 0.29) is 0 Å². The lowest BCUT2D eigenvalue weighted by molar-refractivity contribution is 1.30. The van der Waals surface area contributed by atoms with Crippen molar-refractivity contribution in [2.75, 3.05) is 0 Å². The third kappa shape index (κ3) is 2.68. The first kappa shape index (κ1) is 11.7. The van der Waals surface area contributed by atoms with E-state index >= 15 is 0 Å². The monoisotopic (exact) mass is 264 g/mol. The van der Waals surface area contributed by atoms with Gasteiger partial charge in [0.15, 0.2) is 0 Å². The van der Waals surface area contributed by atoms with Crippen molar-refractivity contribution < 1.29 is 0 Å². The molecule has 0 aliphatic heterocycles. The van der Waals surface area contributed by atoms with Crippen LogP contribution in [0.15, 0.2) is 41.8 Å². The number of nitrogens with zero attached hydrogens (tertiary/aromatic N) is 4. The van der Waals surface area contributed by atoms with Gasteiger partial charge in [-0.15, -0.1) is 0 Å². The Labute approximate surface area is 107 Å². The standard InChI is InChI=1S/C11H6Cl2N4/c12-8-3-7(4-9(13)5-8)10-1-2-15-6-11(10)16-17-14/h1-6H. The van der Waals surface area contributed by atoms with Crippen LogP contribution < -0.4 is 0 Å². The average molecular weight is 265 g/mol. The first-order valence-electron chi connectivity index (χ1n) is 4.66. The highest BCUT2D eigenvalue weighted by Gasteiger charge is 2.05. The van der Waals surface area contributed by atoms with Gasteiger partial charge in [-0.3, -0.25) is 4.98 Å². The lowest BCUT2D eigenvalue weighted by Gasteiger charge is -2.05. The van der Waals surface area contributed by atoms with E-state index < -0.39 is 0 Å². The van der Waals surface area contributed by atoms with Gasteiger partial charge in [-0.2, -0.15) is 0 Å². The zero-order valence-corrected chi connectivity index (χ0v) is 10.0. The van der Waals surface area contributed by atoms with Crippen LogP contribution >= 0.6 is 23.2 Å². The highest BCUT2D eigenvalue weighted by Crippen LogP contribution is 2.33. The summed E-state index contributed by atoms with van der Waals surface area (Å²) in [7, 11) is 0. The van der Waals surface area contributed by atoms with Gasteiger partial charge in [0.1, 0.15) is 0 Å². The zero-order chi connectivity index (χ0) is 12.3. The summed E-state index contributed by atoms with van der Waals surface area (Å²) in [6, 6.07) is 6.88. The van der Waals surface area contributed by atoms with Crippen LogP contribution in [-0.2, 0) is 0 Å². The molecule has 0 atom stereocenters. The molecule has 0 fully saturated rings. The van der Waals surface area contributed by atoms with Crippen molar-refractivity contribution in [1.82, 2.24) is 4.98 Å². The molecule has 4 nitrogen and oxygen atoms in total. The van der Waals surface area contributed by atoms with E-state index in [4.69, 9.17) is 28.7 Å². The molecule has 0 unspecified atom stereocenters. The van der Waals surface area contributed by atoms with E-state index in [1.54, 1.807) is 30.5 Å². The summed E-state index contributed by atoms with van der Waals surface area (Å²) in [5.74, 6) is 0. The van der Waals surface area contributed by atoms with Crippen LogP contribution in [0.1, 0.15) is 0 Å². The van der Waals surface area contributed by atoms with Crippen LogP contribution in [-0.4, -0.2) is 4.98 Å². The van der Waals surface area contributed by atoms with Crippen molar-refractivity contribution in [2.24, 2.45) is 5.11 Å². The number of rotatable bonds is 2. The molecule has 0 saturated heterocycles. The highest BCUT2D eigenvalue weighted by molar-refractivity contribution is 6.35. The van der Waals surface area contributed by atoms with E-state index in [1.165, 1.54) is 6.20 Å². The number of aromatic nitrogens is 1. The Morgan fingerprint density at radius 3 is 2.53 bits per heavy atom. The maximum Gasteiger partial charge on any atom is 0.0637 e. The molecule has 0 bridgehead atoms. The molecular weight excluding hydrogens is 259 g/mol. The van der Waals surface area contributed by atoms with Crippen LogP contribution in [0.3, 0.4) is 0 Å². The molecule has 0 aliphatic rings. The third-order valence-corrected chi connectivity index (χ3v) is 2.56. The predicted molar refractivity (Wildman–Crippen MR) is 68.5 cm³/mol. The van der Waals surface area contributed by atoms with Crippen LogP contribution in [0, 0.1) is 0 Å². The largest absolute Gasteiger partial charge is 0.264 e. The molecule has 0 aliphatic carbocycles. The van der Waals surface area contributed by atoms with Crippen LogP contribution in [0.25, 0.3) is 21.6 Å². The molecule has 0 N–H and O–H groups in total. The van der Waals surface area contributed by atoms with Gasteiger partial charge in [-0.1, -0.05) is 28.3 Å². The minimum absolute atomic E-state index is 0.438. The molecule has 6 heteroatoms. The Kier molecular flexibility index (Phi) is 3.49. The van der Waals surface area contributed by atoms with Gasteiger partial charge in [-0.05, 0) is 40.9 Å². The molecule has 0 amide bonds. The molecule has 0 spiro atoms. The number of benzene rings is 1. The summed E-state index contributed by atoms with van der Waals surface area (Å²) >= 11 is 11.9. The number of azide groups is 1. The second-order valence-corrected chi connectivity index (χ2v) is 4.11. The van der Waals surface area contributed by atoms with Crippen molar-refractivity contribution in [3.63, 3.8) is 0 Å². The van der Waals surface area contributed by atoms with Gasteiger partial charge in [0, 0.05) is 27.4 Å². The topological polar surface area (TPSA) is 61.7 Å². The molecule has 2 aromatic rings. The Hall–Kier alpha value is -1.74. The molecule has 17 heavy (non-hydrogen) atoms. The molecule has 0 radical (unpaired) electrons. The Balaban J connectivity index is 2.63. The van der Waals surface area contributed by atoms with Crippen molar-refractivity contribution in [3.05, 3.63) is 57.1 Å². The smallest absolute Gasteiger partial charge is 0.0637 e. The summed E-state index contributed by atoms with van der Waals surface area (Å²) in [5.41, 5.74) is 10.4. The number of hydrogen-bond acceptors (Lipinski definition) is 2. The third-order valence-electron chi connectivity index (χ3n) is 2.13. The number of hydrogen-bond donors (Lipinski definition) is 0. The second-order valence-electron chi connectivity index (χ2n) is 3.24. The normalized spacial score (nSPS) is 9.76. The quantitative estimate of drug-likeness (QED) is 0.428. The highest BCUT2D eigenvalue weighted by atomic mass is 35.5. The lowest BCUT2D eigenvalue weighted by Crippen LogP contribution is -1.81. The fourth-order valence-corrected chi connectivity index (χ4v) is 1.99. The predicted octanol–water partition coefficient (Wildman–Crippen LogP) is 5.00. The van der Waals surface area contributed by atoms with E-state index in [9.17, 15) is 0 Å². The first-order chi connectivity index (χ1) is 8.20. The molecule has 0 saturated carbocycles. The van der Waals surface area contributed by atoms with Crippen molar-refractivity contribution in [3.8, 4) is 11.1 Å². The van der Waals surface area contributed by atoms with Gasteiger partial charge in [0.25, 0.3) is 0 Å². The Morgan fingerprint density at radius 1 is 1.18 bits per heavy atom. The van der Waals surface area contributed by atoms with Crippen molar-refractivity contribution >= 4 is 28.9 Å². The fraction of sp³-hybridized carbons (Fsp3) is 0.